The molecule has 0 radical (unpaired) electrons. The number of hydrogen-bond donors (Lipinski definition) is 0. The number of rotatable bonds is 2. The van der Waals surface area contributed by atoms with E-state index in [2.05, 4.69) is 0 Å². The first-order valence-electron chi connectivity index (χ1n) is 5.47. The van der Waals surface area contributed by atoms with Crippen molar-refractivity contribution in [3.63, 3.8) is 0 Å². The van der Waals surface area contributed by atoms with E-state index in [1.807, 2.05) is 0 Å². The zero-order valence-electron chi connectivity index (χ0n) is 9.54. The number of carbonyl (C=O) groups is 1. The normalized spacial score (nSPS) is 18.4. The smallest absolute Gasteiger partial charge is 0.260 e. The minimum absolute atomic E-state index is 0.0454. The Morgan fingerprint density at radius 3 is 2.78 bits per heavy atom. The van der Waals surface area contributed by atoms with E-state index >= 15 is 0 Å². The van der Waals surface area contributed by atoms with Crippen molar-refractivity contribution in [2.24, 2.45) is 0 Å². The van der Waals surface area contributed by atoms with Crippen LogP contribution in [0.25, 0.3) is 6.08 Å². The molecule has 1 aliphatic rings. The molecular weight excluding hydrogens is 274 g/mol. The van der Waals surface area contributed by atoms with Crippen molar-refractivity contribution in [2.45, 2.75) is 6.42 Å². The summed E-state index contributed by atoms with van der Waals surface area (Å²) in [5.74, 6) is -0.462. The molecule has 4 nitrogen and oxygen atoms in total. The number of halogens is 1. The summed E-state index contributed by atoms with van der Waals surface area (Å²) in [6.45, 7) is 0.265. The molecule has 1 aromatic carbocycles. The highest BCUT2D eigenvalue weighted by atomic mass is 35.5. The van der Waals surface area contributed by atoms with Gasteiger partial charge in [-0.3, -0.25) is 4.79 Å². The fourth-order valence-corrected chi connectivity index (χ4v) is 3.40. The van der Waals surface area contributed by atoms with Crippen LogP contribution in [-0.2, 0) is 14.8 Å². The first-order chi connectivity index (χ1) is 8.49. The first-order valence-corrected chi connectivity index (χ1v) is 7.46. The van der Waals surface area contributed by atoms with Gasteiger partial charge < -0.3 is 0 Å². The van der Waals surface area contributed by atoms with Gasteiger partial charge in [-0.2, -0.15) is 0 Å². The molecule has 0 atom stereocenters. The minimum atomic E-state index is -3.39. The monoisotopic (exact) mass is 285 g/mol. The van der Waals surface area contributed by atoms with Gasteiger partial charge in [0.15, 0.2) is 0 Å². The molecule has 0 bridgehead atoms. The van der Waals surface area contributed by atoms with Crippen LogP contribution >= 0.6 is 11.6 Å². The quantitative estimate of drug-likeness (QED) is 0.780. The summed E-state index contributed by atoms with van der Waals surface area (Å²) in [5.41, 5.74) is 0.757. The van der Waals surface area contributed by atoms with Gasteiger partial charge in [-0.1, -0.05) is 23.7 Å². The Labute approximate surface area is 111 Å². The predicted molar refractivity (Wildman–Crippen MR) is 70.6 cm³/mol. The molecule has 0 unspecified atom stereocenters. The Hall–Kier alpha value is -1.33. The molecule has 1 aromatic rings. The van der Waals surface area contributed by atoms with E-state index in [0.717, 1.165) is 9.87 Å². The lowest BCUT2D eigenvalue weighted by atomic mass is 10.2. The first kappa shape index (κ1) is 13.1. The Balaban J connectivity index is 2.12. The summed E-state index contributed by atoms with van der Waals surface area (Å²) in [6, 6.07) is 6.97. The van der Waals surface area contributed by atoms with Gasteiger partial charge in [0.1, 0.15) is 0 Å². The lowest BCUT2D eigenvalue weighted by molar-refractivity contribution is -0.121. The van der Waals surface area contributed by atoms with E-state index in [9.17, 15) is 13.2 Å². The number of hydrogen-bond acceptors (Lipinski definition) is 3. The van der Waals surface area contributed by atoms with Gasteiger partial charge in [0.2, 0.25) is 10.0 Å². The van der Waals surface area contributed by atoms with Crippen LogP contribution in [0.5, 0.6) is 0 Å². The van der Waals surface area contributed by atoms with Crippen LogP contribution in [0.1, 0.15) is 12.0 Å². The molecule has 1 saturated heterocycles. The molecule has 0 aromatic heterocycles. The number of carbonyl (C=O) groups excluding carboxylic acids is 1. The van der Waals surface area contributed by atoms with Crippen LogP contribution in [0.2, 0.25) is 5.02 Å². The van der Waals surface area contributed by atoms with Gasteiger partial charge >= 0.3 is 0 Å². The van der Waals surface area contributed by atoms with Gasteiger partial charge in [-0.25, -0.2) is 12.7 Å². The zero-order valence-corrected chi connectivity index (χ0v) is 11.1. The van der Waals surface area contributed by atoms with Gasteiger partial charge in [-0.05, 0) is 30.2 Å². The minimum Gasteiger partial charge on any atom is -0.269 e. The van der Waals surface area contributed by atoms with Crippen LogP contribution in [0.3, 0.4) is 0 Å². The Kier molecular flexibility index (Phi) is 3.73. The van der Waals surface area contributed by atoms with Crippen molar-refractivity contribution in [3.8, 4) is 0 Å². The Morgan fingerprint density at radius 2 is 2.17 bits per heavy atom. The molecule has 0 saturated carbocycles. The molecule has 0 N–H and O–H groups in total. The summed E-state index contributed by atoms with van der Waals surface area (Å²) in [5, 5.41) is 0.568. The Morgan fingerprint density at radius 1 is 1.39 bits per heavy atom. The summed E-state index contributed by atoms with van der Waals surface area (Å²) < 4.78 is 23.9. The van der Waals surface area contributed by atoms with Gasteiger partial charge in [0.25, 0.3) is 5.91 Å². The van der Waals surface area contributed by atoms with Crippen molar-refractivity contribution in [2.75, 3.05) is 12.3 Å². The largest absolute Gasteiger partial charge is 0.269 e. The van der Waals surface area contributed by atoms with Crippen molar-refractivity contribution in [3.05, 3.63) is 40.9 Å². The average molecular weight is 286 g/mol. The second kappa shape index (κ2) is 5.12. The zero-order chi connectivity index (χ0) is 13.2. The maximum atomic E-state index is 11.7. The fourth-order valence-electron chi connectivity index (χ4n) is 1.75. The second-order valence-electron chi connectivity index (χ2n) is 3.97. The topological polar surface area (TPSA) is 54.5 Å². The van der Waals surface area contributed by atoms with Crippen LogP contribution in [0, 0.1) is 0 Å². The van der Waals surface area contributed by atoms with Crippen LogP contribution in [0.15, 0.2) is 30.3 Å². The third-order valence-corrected chi connectivity index (χ3v) is 4.69. The highest BCUT2D eigenvalue weighted by molar-refractivity contribution is 7.89. The molecule has 18 heavy (non-hydrogen) atoms. The van der Waals surface area contributed by atoms with E-state index in [4.69, 9.17) is 11.6 Å². The second-order valence-corrected chi connectivity index (χ2v) is 6.42. The number of benzene rings is 1. The van der Waals surface area contributed by atoms with E-state index in [0.29, 0.717) is 11.4 Å². The van der Waals surface area contributed by atoms with Crippen molar-refractivity contribution in [1.82, 2.24) is 4.31 Å². The molecule has 0 spiro atoms. The third kappa shape index (κ3) is 2.91. The summed E-state index contributed by atoms with van der Waals surface area (Å²) in [6.07, 6.45) is 3.32. The van der Waals surface area contributed by atoms with E-state index in [-0.39, 0.29) is 12.3 Å². The number of sulfonamides is 1. The maximum Gasteiger partial charge on any atom is 0.260 e. The molecule has 1 heterocycles. The van der Waals surface area contributed by atoms with Crippen LogP contribution in [-0.4, -0.2) is 30.9 Å². The standard InChI is InChI=1S/C12H12ClNO3S/c13-11-4-1-3-10(9-11)5-6-12(15)14-7-2-8-18(14,16)17/h1,3-6,9H,2,7-8H2/b6-5+. The summed E-state index contributed by atoms with van der Waals surface area (Å²) >= 11 is 5.81. The highest BCUT2D eigenvalue weighted by Gasteiger charge is 2.30. The van der Waals surface area contributed by atoms with E-state index in [1.165, 1.54) is 6.08 Å². The lowest BCUT2D eigenvalue weighted by Crippen LogP contribution is -2.30. The van der Waals surface area contributed by atoms with Crippen molar-refractivity contribution in [1.29, 1.82) is 0 Å². The molecular formula is C12H12ClNO3S. The van der Waals surface area contributed by atoms with Gasteiger partial charge in [0, 0.05) is 17.6 Å². The third-order valence-electron chi connectivity index (χ3n) is 2.61. The van der Waals surface area contributed by atoms with Gasteiger partial charge in [0.05, 0.1) is 5.75 Å². The summed E-state index contributed by atoms with van der Waals surface area (Å²) in [4.78, 5) is 11.7. The van der Waals surface area contributed by atoms with Crippen LogP contribution in [0.4, 0.5) is 0 Å². The molecule has 1 fully saturated rings. The van der Waals surface area contributed by atoms with Crippen molar-refractivity contribution < 1.29 is 13.2 Å². The van der Waals surface area contributed by atoms with Crippen molar-refractivity contribution >= 4 is 33.6 Å². The van der Waals surface area contributed by atoms with Crippen LogP contribution < -0.4 is 0 Å². The van der Waals surface area contributed by atoms with E-state index < -0.39 is 15.9 Å². The number of nitrogens with zero attached hydrogens (tertiary/aromatic N) is 1. The molecule has 2 rings (SSSR count). The molecule has 1 amide bonds. The average Bonchev–Trinajstić information content (AvgIpc) is 2.66. The SMILES string of the molecule is O=C(/C=C/c1cccc(Cl)c1)N1CCCS1(=O)=O. The number of amides is 1. The predicted octanol–water partition coefficient (Wildman–Crippen LogP) is 1.92. The van der Waals surface area contributed by atoms with Gasteiger partial charge in [-0.15, -0.1) is 0 Å². The lowest BCUT2D eigenvalue weighted by Gasteiger charge is -2.11. The molecule has 6 heteroatoms. The molecule has 96 valence electrons. The van der Waals surface area contributed by atoms with E-state index in [1.54, 1.807) is 30.3 Å². The highest BCUT2D eigenvalue weighted by Crippen LogP contribution is 2.15. The summed E-state index contributed by atoms with van der Waals surface area (Å²) in [7, 11) is -3.39. The molecule has 1 aliphatic heterocycles. The fraction of sp³-hybridized carbons (Fsp3) is 0.250. The molecule has 0 aliphatic carbocycles. The Bertz CT molecular complexity index is 595. The maximum absolute atomic E-state index is 11.7.